The van der Waals surface area contributed by atoms with Crippen LogP contribution in [-0.4, -0.2) is 42.5 Å². The van der Waals surface area contributed by atoms with Crippen molar-refractivity contribution in [3.05, 3.63) is 48.3 Å². The Bertz CT molecular complexity index is 749. The second-order valence-corrected chi connectivity index (χ2v) is 7.85. The lowest BCUT2D eigenvalue weighted by Gasteiger charge is -2.32. The molecule has 28 heavy (non-hydrogen) atoms. The molecule has 0 unspecified atom stereocenters. The van der Waals surface area contributed by atoms with Crippen LogP contribution >= 0.6 is 0 Å². The standard InChI is InChI=1S/C23H32N4O/c1-4-5-14-26(3)23(28)22-11-8-20(17-24-22)25-19-6-9-21(10-7-19)27-15-12-18(2)13-16-27/h6-11,17-18,25H,4-5,12-16H2,1-3H3. The summed E-state index contributed by atoms with van der Waals surface area (Å²) in [7, 11) is 1.83. The fourth-order valence-electron chi connectivity index (χ4n) is 3.48. The van der Waals surface area contributed by atoms with Crippen LogP contribution in [0.5, 0.6) is 0 Å². The SMILES string of the molecule is CCCCN(C)C(=O)c1ccc(Nc2ccc(N3CCC(C)CC3)cc2)cn1. The summed E-state index contributed by atoms with van der Waals surface area (Å²) in [6.07, 6.45) is 6.34. The molecule has 1 amide bonds. The Hall–Kier alpha value is -2.56. The highest BCUT2D eigenvalue weighted by atomic mass is 16.2. The van der Waals surface area contributed by atoms with Gasteiger partial charge in [0, 0.05) is 38.1 Å². The number of hydrogen-bond acceptors (Lipinski definition) is 4. The number of amides is 1. The molecule has 5 heteroatoms. The van der Waals surface area contributed by atoms with Crippen LogP contribution in [0, 0.1) is 5.92 Å². The van der Waals surface area contributed by atoms with E-state index in [0.29, 0.717) is 5.69 Å². The molecule has 0 radical (unpaired) electrons. The Labute approximate surface area is 168 Å². The summed E-state index contributed by atoms with van der Waals surface area (Å²) in [6.45, 7) is 7.50. The number of rotatable bonds is 7. The molecule has 1 fully saturated rings. The van der Waals surface area contributed by atoms with Gasteiger partial charge >= 0.3 is 0 Å². The van der Waals surface area contributed by atoms with Gasteiger partial charge in [-0.1, -0.05) is 20.3 Å². The monoisotopic (exact) mass is 380 g/mol. The number of unbranched alkanes of at least 4 members (excludes halogenated alkanes) is 1. The highest BCUT2D eigenvalue weighted by Gasteiger charge is 2.16. The number of nitrogens with one attached hydrogen (secondary N) is 1. The molecule has 1 aromatic heterocycles. The molecule has 0 bridgehead atoms. The molecule has 0 atom stereocenters. The predicted molar refractivity (Wildman–Crippen MR) is 116 cm³/mol. The first-order valence-corrected chi connectivity index (χ1v) is 10.4. The lowest BCUT2D eigenvalue weighted by Crippen LogP contribution is -2.32. The summed E-state index contributed by atoms with van der Waals surface area (Å²) in [5.41, 5.74) is 3.67. The van der Waals surface area contributed by atoms with Crippen molar-refractivity contribution in [2.24, 2.45) is 5.92 Å². The number of nitrogens with zero attached hydrogens (tertiary/aromatic N) is 3. The first kappa shape index (κ1) is 20.2. The molecular formula is C23H32N4O. The maximum Gasteiger partial charge on any atom is 0.272 e. The van der Waals surface area contributed by atoms with Crippen molar-refractivity contribution in [2.75, 3.05) is 36.9 Å². The molecule has 2 aromatic rings. The minimum absolute atomic E-state index is 0.0276. The highest BCUT2D eigenvalue weighted by Crippen LogP contribution is 2.25. The number of aromatic nitrogens is 1. The van der Waals surface area contributed by atoms with Gasteiger partial charge in [0.05, 0.1) is 11.9 Å². The van der Waals surface area contributed by atoms with Crippen LogP contribution in [0.3, 0.4) is 0 Å². The maximum atomic E-state index is 12.4. The summed E-state index contributed by atoms with van der Waals surface area (Å²) in [6, 6.07) is 12.2. The van der Waals surface area contributed by atoms with Crippen LogP contribution in [0.15, 0.2) is 42.6 Å². The topological polar surface area (TPSA) is 48.5 Å². The van der Waals surface area contributed by atoms with Crippen LogP contribution in [0.1, 0.15) is 50.0 Å². The lowest BCUT2D eigenvalue weighted by atomic mass is 9.99. The number of piperidine rings is 1. The summed E-state index contributed by atoms with van der Waals surface area (Å²) in [4.78, 5) is 20.9. The average Bonchev–Trinajstić information content (AvgIpc) is 2.73. The van der Waals surface area contributed by atoms with Crippen LogP contribution in [-0.2, 0) is 0 Å². The number of pyridine rings is 1. The van der Waals surface area contributed by atoms with E-state index in [0.717, 1.165) is 49.8 Å². The largest absolute Gasteiger partial charge is 0.372 e. The molecule has 0 aliphatic carbocycles. The summed E-state index contributed by atoms with van der Waals surface area (Å²) < 4.78 is 0. The Morgan fingerprint density at radius 1 is 1.14 bits per heavy atom. The Kier molecular flexibility index (Phi) is 6.90. The van der Waals surface area contributed by atoms with Crippen LogP contribution < -0.4 is 10.2 Å². The number of benzene rings is 1. The van der Waals surface area contributed by atoms with E-state index in [1.807, 2.05) is 13.1 Å². The minimum atomic E-state index is -0.0276. The molecule has 0 saturated carbocycles. The third-order valence-electron chi connectivity index (χ3n) is 5.48. The quantitative estimate of drug-likeness (QED) is 0.740. The maximum absolute atomic E-state index is 12.4. The van der Waals surface area contributed by atoms with Crippen molar-refractivity contribution in [3.8, 4) is 0 Å². The molecular weight excluding hydrogens is 348 g/mol. The van der Waals surface area contributed by atoms with Gasteiger partial charge in [-0.2, -0.15) is 0 Å². The van der Waals surface area contributed by atoms with E-state index in [2.05, 4.69) is 53.3 Å². The Morgan fingerprint density at radius 3 is 2.43 bits per heavy atom. The molecule has 2 heterocycles. The predicted octanol–water partition coefficient (Wildman–Crippen LogP) is 4.93. The highest BCUT2D eigenvalue weighted by molar-refractivity contribution is 5.92. The second kappa shape index (κ2) is 9.58. The van der Waals surface area contributed by atoms with Gasteiger partial charge in [-0.05, 0) is 61.6 Å². The van der Waals surface area contributed by atoms with Crippen molar-refractivity contribution < 1.29 is 4.79 Å². The van der Waals surface area contributed by atoms with Crippen molar-refractivity contribution in [1.82, 2.24) is 9.88 Å². The van der Waals surface area contributed by atoms with Crippen LogP contribution in [0.25, 0.3) is 0 Å². The Morgan fingerprint density at radius 2 is 1.82 bits per heavy atom. The summed E-state index contributed by atoms with van der Waals surface area (Å²) >= 11 is 0. The molecule has 1 aliphatic rings. The molecule has 3 rings (SSSR count). The second-order valence-electron chi connectivity index (χ2n) is 7.85. The van der Waals surface area contributed by atoms with E-state index in [-0.39, 0.29) is 5.91 Å². The number of hydrogen-bond donors (Lipinski definition) is 1. The van der Waals surface area contributed by atoms with Gasteiger partial charge in [-0.25, -0.2) is 4.98 Å². The average molecular weight is 381 g/mol. The molecule has 1 aliphatic heterocycles. The summed E-state index contributed by atoms with van der Waals surface area (Å²) in [5.74, 6) is 0.811. The fourth-order valence-corrected chi connectivity index (χ4v) is 3.48. The van der Waals surface area contributed by atoms with E-state index in [9.17, 15) is 4.79 Å². The van der Waals surface area contributed by atoms with Crippen molar-refractivity contribution in [1.29, 1.82) is 0 Å². The van der Waals surface area contributed by atoms with E-state index in [1.165, 1.54) is 18.5 Å². The number of carbonyl (C=O) groups excluding carboxylic acids is 1. The minimum Gasteiger partial charge on any atom is -0.372 e. The number of carbonyl (C=O) groups is 1. The first-order valence-electron chi connectivity index (χ1n) is 10.4. The van der Waals surface area contributed by atoms with E-state index in [1.54, 1.807) is 17.2 Å². The van der Waals surface area contributed by atoms with E-state index >= 15 is 0 Å². The van der Waals surface area contributed by atoms with Crippen molar-refractivity contribution in [2.45, 2.75) is 39.5 Å². The van der Waals surface area contributed by atoms with Gasteiger partial charge in [0.2, 0.25) is 0 Å². The molecule has 1 N–H and O–H groups in total. The fraction of sp³-hybridized carbons (Fsp3) is 0.478. The van der Waals surface area contributed by atoms with Gasteiger partial charge < -0.3 is 15.1 Å². The zero-order chi connectivity index (χ0) is 19.9. The molecule has 1 aromatic carbocycles. The molecule has 0 spiro atoms. The lowest BCUT2D eigenvalue weighted by molar-refractivity contribution is 0.0787. The van der Waals surface area contributed by atoms with E-state index < -0.39 is 0 Å². The van der Waals surface area contributed by atoms with Crippen molar-refractivity contribution in [3.63, 3.8) is 0 Å². The summed E-state index contributed by atoms with van der Waals surface area (Å²) in [5, 5.41) is 3.36. The number of anilines is 3. The molecule has 150 valence electrons. The van der Waals surface area contributed by atoms with Gasteiger partial charge in [-0.15, -0.1) is 0 Å². The van der Waals surface area contributed by atoms with Crippen LogP contribution in [0.2, 0.25) is 0 Å². The van der Waals surface area contributed by atoms with Gasteiger partial charge in [0.25, 0.3) is 5.91 Å². The first-order chi connectivity index (χ1) is 13.6. The van der Waals surface area contributed by atoms with E-state index in [4.69, 9.17) is 0 Å². The molecule has 5 nitrogen and oxygen atoms in total. The zero-order valence-corrected chi connectivity index (χ0v) is 17.3. The Balaban J connectivity index is 1.57. The zero-order valence-electron chi connectivity index (χ0n) is 17.3. The van der Waals surface area contributed by atoms with Crippen LogP contribution in [0.4, 0.5) is 17.1 Å². The normalized spacial score (nSPS) is 14.8. The van der Waals surface area contributed by atoms with Gasteiger partial charge in [0.1, 0.15) is 5.69 Å². The van der Waals surface area contributed by atoms with Gasteiger partial charge in [0.15, 0.2) is 0 Å². The molecule has 1 saturated heterocycles. The van der Waals surface area contributed by atoms with Crippen molar-refractivity contribution >= 4 is 23.0 Å². The third kappa shape index (κ3) is 5.24. The van der Waals surface area contributed by atoms with Gasteiger partial charge in [-0.3, -0.25) is 4.79 Å². The third-order valence-corrected chi connectivity index (χ3v) is 5.48. The smallest absolute Gasteiger partial charge is 0.272 e.